The van der Waals surface area contributed by atoms with Gasteiger partial charge in [-0.2, -0.15) is 0 Å². The van der Waals surface area contributed by atoms with E-state index in [4.69, 9.17) is 11.6 Å². The molecule has 1 aromatic carbocycles. The van der Waals surface area contributed by atoms with Gasteiger partial charge in [0.1, 0.15) is 0 Å². The van der Waals surface area contributed by atoms with Crippen molar-refractivity contribution >= 4 is 46.4 Å². The fourth-order valence-corrected chi connectivity index (χ4v) is 3.93. The molecular formula is C19H19ClN2O4S. The topological polar surface area (TPSA) is 75.7 Å². The van der Waals surface area contributed by atoms with E-state index >= 15 is 0 Å². The number of amides is 2. The number of piperidine rings is 1. The van der Waals surface area contributed by atoms with E-state index in [-0.39, 0.29) is 28.3 Å². The van der Waals surface area contributed by atoms with Crippen molar-refractivity contribution in [3.63, 3.8) is 0 Å². The van der Waals surface area contributed by atoms with Gasteiger partial charge in [-0.15, -0.1) is 11.3 Å². The zero-order valence-electron chi connectivity index (χ0n) is 14.7. The van der Waals surface area contributed by atoms with Gasteiger partial charge in [-0.05, 0) is 42.5 Å². The van der Waals surface area contributed by atoms with Gasteiger partial charge in [0.15, 0.2) is 0 Å². The number of nitrogens with one attached hydrogen (secondary N) is 1. The number of ether oxygens (including phenoxy) is 1. The second-order valence-corrected chi connectivity index (χ2v) is 7.60. The number of hydrogen-bond donors (Lipinski definition) is 1. The smallest absolute Gasteiger partial charge is 0.339 e. The van der Waals surface area contributed by atoms with Crippen molar-refractivity contribution in [1.82, 2.24) is 4.90 Å². The first-order valence-corrected chi connectivity index (χ1v) is 9.77. The van der Waals surface area contributed by atoms with Crippen molar-refractivity contribution in [2.45, 2.75) is 12.8 Å². The van der Waals surface area contributed by atoms with E-state index in [9.17, 15) is 14.4 Å². The lowest BCUT2D eigenvalue weighted by Crippen LogP contribution is -2.43. The fraction of sp³-hybridized carbons (Fsp3) is 0.316. The van der Waals surface area contributed by atoms with Crippen LogP contribution >= 0.6 is 22.9 Å². The maximum Gasteiger partial charge on any atom is 0.339 e. The van der Waals surface area contributed by atoms with E-state index in [0.717, 1.165) is 6.42 Å². The molecule has 27 heavy (non-hydrogen) atoms. The molecule has 1 aliphatic rings. The number of anilines is 1. The molecule has 0 spiro atoms. The van der Waals surface area contributed by atoms with E-state index < -0.39 is 5.97 Å². The molecule has 1 atom stereocenters. The Balaban J connectivity index is 1.67. The van der Waals surface area contributed by atoms with Crippen molar-refractivity contribution in [3.8, 4) is 0 Å². The third-order valence-electron chi connectivity index (χ3n) is 4.45. The third-order valence-corrected chi connectivity index (χ3v) is 5.64. The number of nitrogens with zero attached hydrogens (tertiary/aromatic N) is 1. The molecule has 2 heterocycles. The van der Waals surface area contributed by atoms with Crippen molar-refractivity contribution in [1.29, 1.82) is 0 Å². The predicted octanol–water partition coefficient (Wildman–Crippen LogP) is 3.68. The van der Waals surface area contributed by atoms with Crippen LogP contribution in [0.25, 0.3) is 0 Å². The van der Waals surface area contributed by atoms with Crippen LogP contribution in [0.2, 0.25) is 5.02 Å². The van der Waals surface area contributed by atoms with Crippen molar-refractivity contribution in [3.05, 3.63) is 51.2 Å². The number of thiophene rings is 1. The van der Waals surface area contributed by atoms with Crippen molar-refractivity contribution < 1.29 is 19.1 Å². The van der Waals surface area contributed by atoms with Crippen LogP contribution < -0.4 is 5.32 Å². The molecule has 2 aromatic rings. The maximum absolute atomic E-state index is 12.7. The number of hydrogen-bond acceptors (Lipinski definition) is 5. The molecule has 0 unspecified atom stereocenters. The van der Waals surface area contributed by atoms with E-state index in [1.165, 1.54) is 30.6 Å². The van der Waals surface area contributed by atoms with Crippen LogP contribution in [0.15, 0.2) is 35.7 Å². The number of carbonyl (C=O) groups excluding carboxylic acids is 3. The number of halogens is 1. The second kappa shape index (κ2) is 8.54. The van der Waals surface area contributed by atoms with Gasteiger partial charge in [0.2, 0.25) is 5.91 Å². The monoisotopic (exact) mass is 406 g/mol. The van der Waals surface area contributed by atoms with Gasteiger partial charge in [0.05, 0.1) is 28.5 Å². The first kappa shape index (κ1) is 19.4. The number of likely N-dealkylation sites (tertiary alicyclic amines) is 1. The Morgan fingerprint density at radius 1 is 1.30 bits per heavy atom. The lowest BCUT2D eigenvalue weighted by Gasteiger charge is -2.31. The molecule has 0 aliphatic carbocycles. The highest BCUT2D eigenvalue weighted by atomic mass is 35.5. The van der Waals surface area contributed by atoms with E-state index in [1.807, 2.05) is 11.4 Å². The number of carbonyl (C=O) groups is 3. The summed E-state index contributed by atoms with van der Waals surface area (Å²) in [6, 6.07) is 8.29. The maximum atomic E-state index is 12.7. The zero-order valence-corrected chi connectivity index (χ0v) is 16.3. The summed E-state index contributed by atoms with van der Waals surface area (Å²) < 4.78 is 4.69. The van der Waals surface area contributed by atoms with Crippen LogP contribution in [0.1, 0.15) is 32.9 Å². The van der Waals surface area contributed by atoms with Gasteiger partial charge >= 0.3 is 5.97 Å². The molecule has 1 saturated heterocycles. The number of esters is 1. The van der Waals surface area contributed by atoms with E-state index in [0.29, 0.717) is 30.1 Å². The number of methoxy groups -OCH3 is 1. The predicted molar refractivity (Wildman–Crippen MR) is 104 cm³/mol. The lowest BCUT2D eigenvalue weighted by molar-refractivity contribution is -0.121. The molecule has 1 fully saturated rings. The molecule has 1 N–H and O–H groups in total. The summed E-state index contributed by atoms with van der Waals surface area (Å²) in [6.45, 7) is 1.02. The van der Waals surface area contributed by atoms with Gasteiger partial charge < -0.3 is 15.0 Å². The van der Waals surface area contributed by atoms with Gasteiger partial charge in [-0.25, -0.2) is 4.79 Å². The van der Waals surface area contributed by atoms with Gasteiger partial charge in [0, 0.05) is 18.8 Å². The number of rotatable bonds is 4. The van der Waals surface area contributed by atoms with Crippen LogP contribution in [0.3, 0.4) is 0 Å². The zero-order chi connectivity index (χ0) is 19.4. The Bertz CT molecular complexity index is 853. The Morgan fingerprint density at radius 3 is 2.81 bits per heavy atom. The van der Waals surface area contributed by atoms with Crippen LogP contribution in [-0.2, 0) is 9.53 Å². The molecule has 3 rings (SSSR count). The second-order valence-electron chi connectivity index (χ2n) is 6.24. The van der Waals surface area contributed by atoms with Gasteiger partial charge in [-0.1, -0.05) is 17.7 Å². The van der Waals surface area contributed by atoms with Crippen molar-refractivity contribution in [2.24, 2.45) is 5.92 Å². The first-order valence-electron chi connectivity index (χ1n) is 8.51. The molecule has 142 valence electrons. The average molecular weight is 407 g/mol. The Morgan fingerprint density at radius 2 is 2.11 bits per heavy atom. The van der Waals surface area contributed by atoms with Crippen LogP contribution in [0.4, 0.5) is 5.69 Å². The highest BCUT2D eigenvalue weighted by molar-refractivity contribution is 7.12. The summed E-state index contributed by atoms with van der Waals surface area (Å²) in [5, 5.41) is 4.93. The lowest BCUT2D eigenvalue weighted by atomic mass is 9.96. The quantitative estimate of drug-likeness (QED) is 0.786. The summed E-state index contributed by atoms with van der Waals surface area (Å²) in [6.07, 6.45) is 1.47. The minimum atomic E-state index is -0.568. The SMILES string of the molecule is COC(=O)c1cc(NC(=O)[C@H]2CCCN(C(=O)c3cccs3)C2)ccc1Cl. The van der Waals surface area contributed by atoms with Crippen LogP contribution in [0.5, 0.6) is 0 Å². The van der Waals surface area contributed by atoms with Gasteiger partial charge in [-0.3, -0.25) is 9.59 Å². The minimum absolute atomic E-state index is 0.0398. The fourth-order valence-electron chi connectivity index (χ4n) is 3.05. The molecule has 0 radical (unpaired) electrons. The van der Waals surface area contributed by atoms with Crippen molar-refractivity contribution in [2.75, 3.05) is 25.5 Å². The molecule has 2 amide bonds. The minimum Gasteiger partial charge on any atom is -0.465 e. The largest absolute Gasteiger partial charge is 0.465 e. The summed E-state index contributed by atoms with van der Waals surface area (Å²) >= 11 is 7.40. The third kappa shape index (κ3) is 4.48. The molecule has 8 heteroatoms. The molecular weight excluding hydrogens is 388 g/mol. The van der Waals surface area contributed by atoms with E-state index in [2.05, 4.69) is 10.1 Å². The standard InChI is InChI=1S/C19H19ClN2O4S/c1-26-19(25)14-10-13(6-7-15(14)20)21-17(23)12-4-2-8-22(11-12)18(24)16-5-3-9-27-16/h3,5-7,9-10,12H,2,4,8,11H2,1H3,(H,21,23)/t12-/m0/s1. The van der Waals surface area contributed by atoms with Crippen LogP contribution in [0, 0.1) is 5.92 Å². The highest BCUT2D eigenvalue weighted by Gasteiger charge is 2.29. The summed E-state index contributed by atoms with van der Waals surface area (Å²) in [4.78, 5) is 39.3. The Kier molecular flexibility index (Phi) is 6.13. The molecule has 6 nitrogen and oxygen atoms in total. The van der Waals surface area contributed by atoms with E-state index in [1.54, 1.807) is 17.0 Å². The Hall–Kier alpha value is -2.38. The number of benzene rings is 1. The summed E-state index contributed by atoms with van der Waals surface area (Å²) in [7, 11) is 1.27. The molecule has 1 aliphatic heterocycles. The highest BCUT2D eigenvalue weighted by Crippen LogP contribution is 2.24. The normalized spacial score (nSPS) is 16.7. The first-order chi connectivity index (χ1) is 13.0. The summed E-state index contributed by atoms with van der Waals surface area (Å²) in [5.74, 6) is -1.10. The summed E-state index contributed by atoms with van der Waals surface area (Å²) in [5.41, 5.74) is 0.654. The average Bonchev–Trinajstić information content (AvgIpc) is 3.23. The Labute approximate surface area is 166 Å². The van der Waals surface area contributed by atoms with Gasteiger partial charge in [0.25, 0.3) is 5.91 Å². The molecule has 0 saturated carbocycles. The van der Waals surface area contributed by atoms with Crippen LogP contribution in [-0.4, -0.2) is 42.9 Å². The molecule has 1 aromatic heterocycles. The molecule has 0 bridgehead atoms.